The molecule has 2 aromatic carbocycles. The molecular weight excluding hydrogens is 309 g/mol. The monoisotopic (exact) mass is 319 g/mol. The summed E-state index contributed by atoms with van der Waals surface area (Å²) in [4.78, 5) is 5.53. The molecule has 1 heterocycles. The summed E-state index contributed by atoms with van der Waals surface area (Å²) in [5.41, 5.74) is 4.29. The van der Waals surface area contributed by atoms with E-state index in [1.807, 2.05) is 24.3 Å². The van der Waals surface area contributed by atoms with Crippen LogP contribution in [-0.2, 0) is 0 Å². The lowest BCUT2D eigenvalue weighted by atomic mass is 10.1. The lowest BCUT2D eigenvalue weighted by Gasteiger charge is -2.03. The van der Waals surface area contributed by atoms with Gasteiger partial charge in [0, 0.05) is 10.6 Å². The van der Waals surface area contributed by atoms with Gasteiger partial charge < -0.3 is 0 Å². The van der Waals surface area contributed by atoms with E-state index < -0.39 is 0 Å². The fourth-order valence-electron chi connectivity index (χ4n) is 2.00. The third kappa shape index (κ3) is 2.73. The largest absolute Gasteiger partial charge is 0.224 e. The van der Waals surface area contributed by atoms with E-state index in [4.69, 9.17) is 23.2 Å². The Hall–Kier alpha value is -1.35. The van der Waals surface area contributed by atoms with Crippen LogP contribution < -0.4 is 0 Å². The standard InChI is InChI=1S/C16H11Cl2NS/c1-10-2-4-12(5-3-10)15-14(19-16(18)20-15)11-6-8-13(17)9-7-11/h2-9H,1H3. The second kappa shape index (κ2) is 5.57. The SMILES string of the molecule is Cc1ccc(-c2sc(Cl)nc2-c2ccc(Cl)cc2)cc1. The second-order valence-electron chi connectivity index (χ2n) is 4.52. The molecule has 0 radical (unpaired) electrons. The van der Waals surface area contributed by atoms with Crippen molar-refractivity contribution < 1.29 is 0 Å². The van der Waals surface area contributed by atoms with Gasteiger partial charge in [-0.25, -0.2) is 4.98 Å². The molecule has 1 aromatic heterocycles. The third-order valence-corrected chi connectivity index (χ3v) is 4.49. The second-order valence-corrected chi connectivity index (χ2v) is 6.54. The van der Waals surface area contributed by atoms with Gasteiger partial charge in [-0.2, -0.15) is 0 Å². The summed E-state index contributed by atoms with van der Waals surface area (Å²) in [5, 5.41) is 0.715. The van der Waals surface area contributed by atoms with Crippen LogP contribution >= 0.6 is 34.5 Å². The maximum Gasteiger partial charge on any atom is 0.184 e. The van der Waals surface area contributed by atoms with Crippen LogP contribution in [0.25, 0.3) is 21.7 Å². The van der Waals surface area contributed by atoms with Gasteiger partial charge in [0.1, 0.15) is 0 Å². The number of thiazole rings is 1. The molecule has 0 N–H and O–H groups in total. The number of halogens is 2. The van der Waals surface area contributed by atoms with Crippen LogP contribution in [0.3, 0.4) is 0 Å². The van der Waals surface area contributed by atoms with Gasteiger partial charge in [0.15, 0.2) is 4.47 Å². The first kappa shape index (κ1) is 13.6. The number of nitrogens with zero attached hydrogens (tertiary/aromatic N) is 1. The lowest BCUT2D eigenvalue weighted by molar-refractivity contribution is 1.40. The molecule has 0 unspecified atom stereocenters. The highest BCUT2D eigenvalue weighted by atomic mass is 35.5. The van der Waals surface area contributed by atoms with Gasteiger partial charge in [0.05, 0.1) is 10.6 Å². The van der Waals surface area contributed by atoms with Crippen molar-refractivity contribution in [1.29, 1.82) is 0 Å². The van der Waals surface area contributed by atoms with Crippen LogP contribution in [0, 0.1) is 6.92 Å². The third-order valence-electron chi connectivity index (χ3n) is 3.03. The Kier molecular flexibility index (Phi) is 3.79. The van der Waals surface area contributed by atoms with Gasteiger partial charge in [0.25, 0.3) is 0 Å². The molecule has 0 atom stereocenters. The summed E-state index contributed by atoms with van der Waals surface area (Å²) in [7, 11) is 0. The van der Waals surface area contributed by atoms with Gasteiger partial charge in [-0.15, -0.1) is 11.3 Å². The summed E-state index contributed by atoms with van der Waals surface area (Å²) in [6.45, 7) is 2.07. The minimum absolute atomic E-state index is 0.547. The van der Waals surface area contributed by atoms with Crippen molar-refractivity contribution in [2.45, 2.75) is 6.92 Å². The molecule has 3 aromatic rings. The van der Waals surface area contributed by atoms with Crippen molar-refractivity contribution in [2.24, 2.45) is 0 Å². The molecule has 0 aliphatic rings. The molecule has 4 heteroatoms. The molecule has 0 saturated heterocycles. The van der Waals surface area contributed by atoms with Crippen LogP contribution in [0.1, 0.15) is 5.56 Å². The first-order valence-electron chi connectivity index (χ1n) is 6.13. The van der Waals surface area contributed by atoms with E-state index in [0.29, 0.717) is 9.49 Å². The van der Waals surface area contributed by atoms with Crippen LogP contribution in [0.15, 0.2) is 48.5 Å². The van der Waals surface area contributed by atoms with Crippen molar-refractivity contribution in [3.8, 4) is 21.7 Å². The van der Waals surface area contributed by atoms with E-state index in [0.717, 1.165) is 21.7 Å². The fraction of sp³-hybridized carbons (Fsp3) is 0.0625. The predicted octanol–water partition coefficient (Wildman–Crippen LogP) is 6.09. The normalized spacial score (nSPS) is 10.8. The maximum atomic E-state index is 6.11. The van der Waals surface area contributed by atoms with Crippen LogP contribution in [0.4, 0.5) is 0 Å². The molecule has 20 heavy (non-hydrogen) atoms. The van der Waals surface area contributed by atoms with Crippen molar-refractivity contribution in [3.63, 3.8) is 0 Å². The first-order chi connectivity index (χ1) is 9.63. The molecule has 3 rings (SSSR count). The van der Waals surface area contributed by atoms with Crippen LogP contribution in [0.5, 0.6) is 0 Å². The Bertz CT molecular complexity index is 667. The highest BCUT2D eigenvalue weighted by molar-refractivity contribution is 7.19. The molecule has 0 aliphatic heterocycles. The van der Waals surface area contributed by atoms with E-state index in [1.54, 1.807) is 0 Å². The zero-order valence-electron chi connectivity index (χ0n) is 10.7. The van der Waals surface area contributed by atoms with E-state index in [-0.39, 0.29) is 0 Å². The number of hydrogen-bond acceptors (Lipinski definition) is 2. The highest BCUT2D eigenvalue weighted by Crippen LogP contribution is 2.38. The number of aromatic nitrogens is 1. The number of hydrogen-bond donors (Lipinski definition) is 0. The Labute approximate surface area is 131 Å². The molecule has 0 fully saturated rings. The Morgan fingerprint density at radius 2 is 1.45 bits per heavy atom. The lowest BCUT2D eigenvalue weighted by Crippen LogP contribution is -1.82. The zero-order valence-corrected chi connectivity index (χ0v) is 13.1. The predicted molar refractivity (Wildman–Crippen MR) is 87.7 cm³/mol. The molecule has 100 valence electrons. The fourth-order valence-corrected chi connectivity index (χ4v) is 3.26. The number of benzene rings is 2. The van der Waals surface area contributed by atoms with Crippen molar-refractivity contribution >= 4 is 34.5 Å². The van der Waals surface area contributed by atoms with Crippen molar-refractivity contribution in [1.82, 2.24) is 4.98 Å². The summed E-state index contributed by atoms with van der Waals surface area (Å²) < 4.78 is 0.547. The van der Waals surface area contributed by atoms with E-state index >= 15 is 0 Å². The average Bonchev–Trinajstić information content (AvgIpc) is 2.82. The van der Waals surface area contributed by atoms with E-state index in [2.05, 4.69) is 36.2 Å². The van der Waals surface area contributed by atoms with Gasteiger partial charge in [-0.3, -0.25) is 0 Å². The molecule has 0 bridgehead atoms. The smallest absolute Gasteiger partial charge is 0.184 e. The molecule has 1 nitrogen and oxygen atoms in total. The Balaban J connectivity index is 2.12. The van der Waals surface area contributed by atoms with Gasteiger partial charge in [-0.1, -0.05) is 65.2 Å². The summed E-state index contributed by atoms with van der Waals surface area (Å²) in [6.07, 6.45) is 0. The quantitative estimate of drug-likeness (QED) is 0.556. The molecule has 0 spiro atoms. The zero-order chi connectivity index (χ0) is 14.1. The summed E-state index contributed by atoms with van der Waals surface area (Å²) in [6, 6.07) is 16.0. The molecule has 0 aliphatic carbocycles. The number of rotatable bonds is 2. The van der Waals surface area contributed by atoms with Crippen LogP contribution in [0.2, 0.25) is 9.49 Å². The van der Waals surface area contributed by atoms with Crippen molar-refractivity contribution in [3.05, 3.63) is 63.6 Å². The van der Waals surface area contributed by atoms with Gasteiger partial charge >= 0.3 is 0 Å². The van der Waals surface area contributed by atoms with E-state index in [9.17, 15) is 0 Å². The highest BCUT2D eigenvalue weighted by Gasteiger charge is 2.13. The van der Waals surface area contributed by atoms with E-state index in [1.165, 1.54) is 16.9 Å². The topological polar surface area (TPSA) is 12.9 Å². The number of aryl methyl sites for hydroxylation is 1. The minimum Gasteiger partial charge on any atom is -0.224 e. The average molecular weight is 320 g/mol. The van der Waals surface area contributed by atoms with Crippen molar-refractivity contribution in [2.75, 3.05) is 0 Å². The minimum atomic E-state index is 0.547. The first-order valence-corrected chi connectivity index (χ1v) is 7.70. The summed E-state index contributed by atoms with van der Waals surface area (Å²) >= 11 is 13.5. The van der Waals surface area contributed by atoms with Crippen LogP contribution in [-0.4, -0.2) is 4.98 Å². The molecule has 0 saturated carbocycles. The molecule has 0 amide bonds. The molecular formula is C16H11Cl2NS. The Morgan fingerprint density at radius 3 is 2.10 bits per heavy atom. The maximum absolute atomic E-state index is 6.11. The van der Waals surface area contributed by atoms with Gasteiger partial charge in [-0.05, 0) is 24.6 Å². The van der Waals surface area contributed by atoms with Gasteiger partial charge in [0.2, 0.25) is 0 Å². The Morgan fingerprint density at radius 1 is 0.850 bits per heavy atom. The summed E-state index contributed by atoms with van der Waals surface area (Å²) in [5.74, 6) is 0.